The molecular formula is C16H15NO2S. The van der Waals surface area contributed by atoms with Gasteiger partial charge in [-0.05, 0) is 42.8 Å². The average Bonchev–Trinajstić information content (AvgIpc) is 2.80. The van der Waals surface area contributed by atoms with Crippen LogP contribution in [0.3, 0.4) is 0 Å². The number of sulfone groups is 1. The van der Waals surface area contributed by atoms with Gasteiger partial charge in [-0.1, -0.05) is 23.8 Å². The van der Waals surface area contributed by atoms with Crippen molar-refractivity contribution >= 4 is 20.7 Å². The quantitative estimate of drug-likeness (QED) is 0.783. The van der Waals surface area contributed by atoms with E-state index in [0.29, 0.717) is 4.90 Å². The maximum absolute atomic E-state index is 11.5. The third-order valence-corrected chi connectivity index (χ3v) is 4.50. The topological polar surface area (TPSA) is 49.9 Å². The molecule has 0 fully saturated rings. The summed E-state index contributed by atoms with van der Waals surface area (Å²) in [5.74, 6) is 0. The summed E-state index contributed by atoms with van der Waals surface area (Å²) in [5.41, 5.74) is 4.27. The first-order valence-electron chi connectivity index (χ1n) is 6.33. The van der Waals surface area contributed by atoms with Gasteiger partial charge >= 0.3 is 0 Å². The molecule has 0 amide bonds. The Morgan fingerprint density at radius 1 is 0.950 bits per heavy atom. The lowest BCUT2D eigenvalue weighted by Crippen LogP contribution is -1.96. The third kappa shape index (κ3) is 2.34. The molecule has 4 heteroatoms. The van der Waals surface area contributed by atoms with Crippen molar-refractivity contribution in [2.45, 2.75) is 11.8 Å². The fourth-order valence-corrected chi connectivity index (χ4v) is 2.92. The molecule has 0 unspecified atom stereocenters. The van der Waals surface area contributed by atoms with E-state index in [9.17, 15) is 8.42 Å². The Balaban J connectivity index is 2.07. The predicted octanol–water partition coefficient (Wildman–Crippen LogP) is 3.55. The van der Waals surface area contributed by atoms with Gasteiger partial charge in [-0.25, -0.2) is 8.42 Å². The van der Waals surface area contributed by atoms with E-state index in [-0.39, 0.29) is 0 Å². The number of H-pyrrole nitrogens is 1. The lowest BCUT2D eigenvalue weighted by Gasteiger charge is -2.00. The van der Waals surface area contributed by atoms with Crippen LogP contribution in [0, 0.1) is 6.92 Å². The summed E-state index contributed by atoms with van der Waals surface area (Å²) < 4.78 is 22.9. The normalized spacial score (nSPS) is 11.9. The Bertz CT molecular complexity index is 874. The fourth-order valence-electron chi connectivity index (χ4n) is 2.29. The standard InChI is InChI=1S/C16H15NO2S/c1-11-3-8-15-13(9-11)10-16(17-15)12-4-6-14(7-5-12)20(2,18)19/h3-10,17H,1-2H3. The zero-order valence-electron chi connectivity index (χ0n) is 11.3. The Morgan fingerprint density at radius 3 is 2.30 bits per heavy atom. The van der Waals surface area contributed by atoms with Crippen molar-refractivity contribution in [2.75, 3.05) is 6.26 Å². The number of hydrogen-bond acceptors (Lipinski definition) is 2. The zero-order valence-corrected chi connectivity index (χ0v) is 12.2. The van der Waals surface area contributed by atoms with E-state index in [2.05, 4.69) is 36.2 Å². The highest BCUT2D eigenvalue weighted by Crippen LogP contribution is 2.25. The Kier molecular flexibility index (Phi) is 2.91. The van der Waals surface area contributed by atoms with Crippen LogP contribution in [0.15, 0.2) is 53.4 Å². The molecule has 0 radical (unpaired) electrons. The summed E-state index contributed by atoms with van der Waals surface area (Å²) in [6.45, 7) is 2.06. The van der Waals surface area contributed by atoms with E-state index in [1.54, 1.807) is 12.1 Å². The highest BCUT2D eigenvalue weighted by Gasteiger charge is 2.08. The molecule has 0 atom stereocenters. The number of rotatable bonds is 2. The molecule has 3 aromatic rings. The van der Waals surface area contributed by atoms with Crippen LogP contribution in [0.5, 0.6) is 0 Å². The number of aryl methyl sites for hydroxylation is 1. The van der Waals surface area contributed by atoms with Crippen LogP contribution in [-0.4, -0.2) is 19.7 Å². The van der Waals surface area contributed by atoms with Crippen LogP contribution in [0.2, 0.25) is 0 Å². The second-order valence-electron chi connectivity index (χ2n) is 5.07. The number of benzene rings is 2. The van der Waals surface area contributed by atoms with Crippen LogP contribution in [-0.2, 0) is 9.84 Å². The number of hydrogen-bond donors (Lipinski definition) is 1. The SMILES string of the molecule is Cc1ccc2[nH]c(-c3ccc(S(C)(=O)=O)cc3)cc2c1. The molecule has 0 saturated heterocycles. The van der Waals surface area contributed by atoms with Crippen molar-refractivity contribution in [3.63, 3.8) is 0 Å². The number of fused-ring (bicyclic) bond motifs is 1. The molecule has 1 aromatic heterocycles. The first-order valence-corrected chi connectivity index (χ1v) is 8.22. The third-order valence-electron chi connectivity index (χ3n) is 3.37. The first kappa shape index (κ1) is 12.9. The van der Waals surface area contributed by atoms with Crippen molar-refractivity contribution in [1.82, 2.24) is 4.98 Å². The Labute approximate surface area is 118 Å². The molecule has 0 saturated carbocycles. The Hall–Kier alpha value is -2.07. The van der Waals surface area contributed by atoms with Gasteiger partial charge in [0.05, 0.1) is 4.90 Å². The van der Waals surface area contributed by atoms with Crippen LogP contribution >= 0.6 is 0 Å². The summed E-state index contributed by atoms with van der Waals surface area (Å²) in [6, 6.07) is 15.3. The summed E-state index contributed by atoms with van der Waals surface area (Å²) in [7, 11) is -3.14. The molecule has 0 bridgehead atoms. The summed E-state index contributed by atoms with van der Waals surface area (Å²) in [4.78, 5) is 3.69. The molecule has 0 aliphatic heterocycles. The van der Waals surface area contributed by atoms with Gasteiger partial charge in [0, 0.05) is 22.9 Å². The van der Waals surface area contributed by atoms with Crippen molar-refractivity contribution in [3.05, 3.63) is 54.1 Å². The van der Waals surface area contributed by atoms with Crippen LogP contribution in [0.4, 0.5) is 0 Å². The van der Waals surface area contributed by atoms with Crippen molar-refractivity contribution in [2.24, 2.45) is 0 Å². The maximum atomic E-state index is 11.5. The van der Waals surface area contributed by atoms with Crippen molar-refractivity contribution in [3.8, 4) is 11.3 Å². The Morgan fingerprint density at radius 2 is 1.65 bits per heavy atom. The fraction of sp³-hybridized carbons (Fsp3) is 0.125. The molecule has 1 N–H and O–H groups in total. The molecule has 1 heterocycles. The van der Waals surface area contributed by atoms with E-state index in [4.69, 9.17) is 0 Å². The van der Waals surface area contributed by atoms with Crippen LogP contribution < -0.4 is 0 Å². The van der Waals surface area contributed by atoms with Gasteiger partial charge in [-0.3, -0.25) is 0 Å². The lowest BCUT2D eigenvalue weighted by molar-refractivity contribution is 0.602. The average molecular weight is 285 g/mol. The van der Waals surface area contributed by atoms with Gasteiger partial charge in [0.2, 0.25) is 0 Å². The second kappa shape index (κ2) is 4.49. The minimum Gasteiger partial charge on any atom is -0.355 e. The summed E-state index contributed by atoms with van der Waals surface area (Å²) in [6.07, 6.45) is 1.22. The number of nitrogens with one attached hydrogen (secondary N) is 1. The maximum Gasteiger partial charge on any atom is 0.175 e. The summed E-state index contributed by atoms with van der Waals surface area (Å²) in [5, 5.41) is 1.16. The van der Waals surface area contributed by atoms with E-state index >= 15 is 0 Å². The highest BCUT2D eigenvalue weighted by molar-refractivity contribution is 7.90. The number of aromatic amines is 1. The van der Waals surface area contributed by atoms with Crippen molar-refractivity contribution in [1.29, 1.82) is 0 Å². The van der Waals surface area contributed by atoms with Gasteiger partial charge in [0.1, 0.15) is 0 Å². The smallest absolute Gasteiger partial charge is 0.175 e. The molecule has 0 aliphatic carbocycles. The molecule has 2 aromatic carbocycles. The number of aromatic nitrogens is 1. The second-order valence-corrected chi connectivity index (χ2v) is 7.09. The molecule has 0 spiro atoms. The van der Waals surface area contributed by atoms with Gasteiger partial charge in [0.15, 0.2) is 9.84 Å². The minimum absolute atomic E-state index is 0.341. The van der Waals surface area contributed by atoms with E-state index in [0.717, 1.165) is 22.2 Å². The minimum atomic E-state index is -3.14. The van der Waals surface area contributed by atoms with E-state index < -0.39 is 9.84 Å². The molecule has 3 nitrogen and oxygen atoms in total. The van der Waals surface area contributed by atoms with Crippen LogP contribution in [0.1, 0.15) is 5.56 Å². The molecular weight excluding hydrogens is 270 g/mol. The zero-order chi connectivity index (χ0) is 14.3. The van der Waals surface area contributed by atoms with Gasteiger partial charge in [0.25, 0.3) is 0 Å². The van der Waals surface area contributed by atoms with Crippen LogP contribution in [0.25, 0.3) is 22.2 Å². The molecule has 102 valence electrons. The summed E-state index contributed by atoms with van der Waals surface area (Å²) >= 11 is 0. The van der Waals surface area contributed by atoms with E-state index in [1.807, 2.05) is 12.1 Å². The van der Waals surface area contributed by atoms with Gasteiger partial charge < -0.3 is 4.98 Å². The molecule has 3 rings (SSSR count). The molecule has 20 heavy (non-hydrogen) atoms. The predicted molar refractivity (Wildman–Crippen MR) is 81.6 cm³/mol. The highest BCUT2D eigenvalue weighted by atomic mass is 32.2. The molecule has 0 aliphatic rings. The first-order chi connectivity index (χ1) is 9.43. The van der Waals surface area contributed by atoms with E-state index in [1.165, 1.54) is 11.8 Å². The monoisotopic (exact) mass is 285 g/mol. The van der Waals surface area contributed by atoms with Crippen molar-refractivity contribution < 1.29 is 8.42 Å². The van der Waals surface area contributed by atoms with Gasteiger partial charge in [-0.2, -0.15) is 0 Å². The lowest BCUT2D eigenvalue weighted by atomic mass is 10.1. The van der Waals surface area contributed by atoms with Gasteiger partial charge in [-0.15, -0.1) is 0 Å². The largest absolute Gasteiger partial charge is 0.355 e.